The molecular weight excluding hydrogens is 256 g/mol. The van der Waals surface area contributed by atoms with Gasteiger partial charge in [-0.15, -0.1) is 0 Å². The summed E-state index contributed by atoms with van der Waals surface area (Å²) in [5, 5.41) is 0. The molecule has 0 radical (unpaired) electrons. The number of pyridine rings is 1. The van der Waals surface area contributed by atoms with Crippen LogP contribution in [0.5, 0.6) is 0 Å². The van der Waals surface area contributed by atoms with E-state index in [0.29, 0.717) is 4.99 Å². The standard InChI is InChI=1S/C14H22N4S/c1-17-8-5-11(6-9-17)10-18(2)14-12(13(15)19)4-3-7-16-14/h3-4,7,11H,5-6,8-10H2,1-2H3,(H2,15,19). The maximum absolute atomic E-state index is 5.76. The molecule has 1 aliphatic rings. The van der Waals surface area contributed by atoms with E-state index in [1.807, 2.05) is 12.1 Å². The minimum Gasteiger partial charge on any atom is -0.389 e. The number of aromatic nitrogens is 1. The predicted octanol–water partition coefficient (Wildman–Crippen LogP) is 1.49. The number of nitrogens with two attached hydrogens (primary N) is 1. The van der Waals surface area contributed by atoms with Gasteiger partial charge in [0.2, 0.25) is 0 Å². The summed E-state index contributed by atoms with van der Waals surface area (Å²) in [5.74, 6) is 1.62. The van der Waals surface area contributed by atoms with Crippen molar-refractivity contribution in [1.82, 2.24) is 9.88 Å². The van der Waals surface area contributed by atoms with Crippen molar-refractivity contribution in [3.05, 3.63) is 23.9 Å². The highest BCUT2D eigenvalue weighted by Gasteiger charge is 2.20. The first-order chi connectivity index (χ1) is 9.08. The zero-order chi connectivity index (χ0) is 13.8. The Labute approximate surface area is 120 Å². The first-order valence-corrected chi connectivity index (χ1v) is 7.13. The van der Waals surface area contributed by atoms with E-state index in [1.165, 1.54) is 25.9 Å². The molecular formula is C14H22N4S. The topological polar surface area (TPSA) is 45.4 Å². The summed E-state index contributed by atoms with van der Waals surface area (Å²) in [6, 6.07) is 3.82. The van der Waals surface area contributed by atoms with E-state index >= 15 is 0 Å². The van der Waals surface area contributed by atoms with Crippen LogP contribution in [0.4, 0.5) is 5.82 Å². The van der Waals surface area contributed by atoms with Gasteiger partial charge in [-0.3, -0.25) is 0 Å². The Hall–Kier alpha value is -1.20. The Morgan fingerprint density at radius 2 is 2.21 bits per heavy atom. The van der Waals surface area contributed by atoms with Crippen LogP contribution in [-0.4, -0.2) is 48.6 Å². The quantitative estimate of drug-likeness (QED) is 0.846. The van der Waals surface area contributed by atoms with Crippen LogP contribution in [0, 0.1) is 5.92 Å². The molecule has 1 aromatic rings. The van der Waals surface area contributed by atoms with Crippen molar-refractivity contribution in [2.75, 3.05) is 38.6 Å². The summed E-state index contributed by atoms with van der Waals surface area (Å²) in [7, 11) is 4.26. The van der Waals surface area contributed by atoms with Gasteiger partial charge in [-0.05, 0) is 51.0 Å². The van der Waals surface area contributed by atoms with Gasteiger partial charge in [-0.2, -0.15) is 0 Å². The highest BCUT2D eigenvalue weighted by atomic mass is 32.1. The van der Waals surface area contributed by atoms with Gasteiger partial charge in [0.1, 0.15) is 10.8 Å². The summed E-state index contributed by atoms with van der Waals surface area (Å²) >= 11 is 5.09. The van der Waals surface area contributed by atoms with Crippen molar-refractivity contribution < 1.29 is 0 Å². The van der Waals surface area contributed by atoms with Gasteiger partial charge < -0.3 is 15.5 Å². The molecule has 0 atom stereocenters. The molecule has 2 rings (SSSR count). The van der Waals surface area contributed by atoms with Gasteiger partial charge in [-0.25, -0.2) is 4.98 Å². The summed E-state index contributed by atoms with van der Waals surface area (Å²) in [6.07, 6.45) is 4.29. The first kappa shape index (κ1) is 14.2. The Kier molecular flexibility index (Phi) is 4.71. The zero-order valence-electron chi connectivity index (χ0n) is 11.7. The second-order valence-electron chi connectivity index (χ2n) is 5.37. The second kappa shape index (κ2) is 6.30. The van der Waals surface area contributed by atoms with E-state index < -0.39 is 0 Å². The molecule has 1 saturated heterocycles. The van der Waals surface area contributed by atoms with E-state index in [-0.39, 0.29) is 0 Å². The highest BCUT2D eigenvalue weighted by Crippen LogP contribution is 2.21. The van der Waals surface area contributed by atoms with E-state index in [0.717, 1.165) is 23.8 Å². The molecule has 0 spiro atoms. The van der Waals surface area contributed by atoms with Gasteiger partial charge in [0.15, 0.2) is 0 Å². The molecule has 2 N–H and O–H groups in total. The number of piperidine rings is 1. The van der Waals surface area contributed by atoms with Crippen molar-refractivity contribution >= 4 is 23.0 Å². The lowest BCUT2D eigenvalue weighted by molar-refractivity contribution is 0.222. The molecule has 1 fully saturated rings. The maximum Gasteiger partial charge on any atom is 0.138 e. The van der Waals surface area contributed by atoms with Crippen LogP contribution in [0.25, 0.3) is 0 Å². The first-order valence-electron chi connectivity index (χ1n) is 6.72. The van der Waals surface area contributed by atoms with E-state index in [4.69, 9.17) is 18.0 Å². The van der Waals surface area contributed by atoms with Crippen molar-refractivity contribution in [2.45, 2.75) is 12.8 Å². The Morgan fingerprint density at radius 1 is 1.53 bits per heavy atom. The van der Waals surface area contributed by atoms with Crippen molar-refractivity contribution in [3.63, 3.8) is 0 Å². The fraction of sp³-hybridized carbons (Fsp3) is 0.571. The van der Waals surface area contributed by atoms with Crippen molar-refractivity contribution in [2.24, 2.45) is 11.7 Å². The third kappa shape index (κ3) is 3.64. The van der Waals surface area contributed by atoms with Crippen LogP contribution in [0.1, 0.15) is 18.4 Å². The largest absolute Gasteiger partial charge is 0.389 e. The van der Waals surface area contributed by atoms with E-state index in [1.54, 1.807) is 6.20 Å². The third-order valence-corrected chi connectivity index (χ3v) is 4.00. The molecule has 0 bridgehead atoms. The van der Waals surface area contributed by atoms with Crippen LogP contribution in [0.3, 0.4) is 0 Å². The molecule has 0 unspecified atom stereocenters. The smallest absolute Gasteiger partial charge is 0.138 e. The summed E-state index contributed by atoms with van der Waals surface area (Å²) in [6.45, 7) is 3.38. The molecule has 5 heteroatoms. The molecule has 19 heavy (non-hydrogen) atoms. The van der Waals surface area contributed by atoms with E-state index in [2.05, 4.69) is 28.9 Å². The predicted molar refractivity (Wildman–Crippen MR) is 83.6 cm³/mol. The average molecular weight is 278 g/mol. The van der Waals surface area contributed by atoms with Crippen LogP contribution < -0.4 is 10.6 Å². The molecule has 0 amide bonds. The minimum absolute atomic E-state index is 0.415. The Morgan fingerprint density at radius 3 is 2.84 bits per heavy atom. The van der Waals surface area contributed by atoms with Gasteiger partial charge >= 0.3 is 0 Å². The lowest BCUT2D eigenvalue weighted by Crippen LogP contribution is -2.36. The molecule has 4 nitrogen and oxygen atoms in total. The number of rotatable bonds is 4. The molecule has 1 aliphatic heterocycles. The van der Waals surface area contributed by atoms with Gasteiger partial charge in [0, 0.05) is 19.8 Å². The lowest BCUT2D eigenvalue weighted by atomic mass is 9.96. The van der Waals surface area contributed by atoms with Crippen molar-refractivity contribution in [1.29, 1.82) is 0 Å². The molecule has 1 aromatic heterocycles. The normalized spacial score (nSPS) is 17.4. The van der Waals surface area contributed by atoms with Crippen molar-refractivity contribution in [3.8, 4) is 0 Å². The Bertz CT molecular complexity index is 441. The minimum atomic E-state index is 0.415. The van der Waals surface area contributed by atoms with Gasteiger partial charge in [0.05, 0.1) is 5.56 Å². The highest BCUT2D eigenvalue weighted by molar-refractivity contribution is 7.80. The fourth-order valence-corrected chi connectivity index (χ4v) is 2.77. The zero-order valence-corrected chi connectivity index (χ0v) is 12.5. The number of anilines is 1. The van der Waals surface area contributed by atoms with Crippen LogP contribution in [-0.2, 0) is 0 Å². The van der Waals surface area contributed by atoms with E-state index in [9.17, 15) is 0 Å². The fourth-order valence-electron chi connectivity index (χ4n) is 2.61. The lowest BCUT2D eigenvalue weighted by Gasteiger charge is -2.32. The molecule has 104 valence electrons. The summed E-state index contributed by atoms with van der Waals surface area (Å²) in [4.78, 5) is 9.42. The van der Waals surface area contributed by atoms with Crippen LogP contribution in [0.15, 0.2) is 18.3 Å². The summed E-state index contributed by atoms with van der Waals surface area (Å²) in [5.41, 5.74) is 6.63. The number of thiocarbonyl (C=S) groups is 1. The molecule has 0 saturated carbocycles. The number of nitrogens with zero attached hydrogens (tertiary/aromatic N) is 3. The second-order valence-corrected chi connectivity index (χ2v) is 5.81. The summed E-state index contributed by atoms with van der Waals surface area (Å²) < 4.78 is 0. The number of likely N-dealkylation sites (tertiary alicyclic amines) is 1. The molecule has 0 aromatic carbocycles. The molecule has 0 aliphatic carbocycles. The monoisotopic (exact) mass is 278 g/mol. The van der Waals surface area contributed by atoms with Gasteiger partial charge in [-0.1, -0.05) is 12.2 Å². The number of hydrogen-bond donors (Lipinski definition) is 1. The van der Waals surface area contributed by atoms with Crippen LogP contribution in [0.2, 0.25) is 0 Å². The SMILES string of the molecule is CN1CCC(CN(C)c2ncccc2C(N)=S)CC1. The third-order valence-electron chi connectivity index (χ3n) is 3.78. The maximum atomic E-state index is 5.76. The average Bonchev–Trinajstić information content (AvgIpc) is 2.41. The molecule has 2 heterocycles. The Balaban J connectivity index is 2.03. The van der Waals surface area contributed by atoms with Crippen LogP contribution >= 0.6 is 12.2 Å². The number of hydrogen-bond acceptors (Lipinski definition) is 4. The van der Waals surface area contributed by atoms with Gasteiger partial charge in [0.25, 0.3) is 0 Å².